The van der Waals surface area contributed by atoms with E-state index in [4.69, 9.17) is 0 Å². The summed E-state index contributed by atoms with van der Waals surface area (Å²) in [5.74, 6) is -0.0675. The van der Waals surface area contributed by atoms with Crippen molar-refractivity contribution in [1.82, 2.24) is 0 Å². The van der Waals surface area contributed by atoms with Gasteiger partial charge >= 0.3 is 0 Å². The van der Waals surface area contributed by atoms with Gasteiger partial charge in [0.2, 0.25) is 5.90 Å². The second-order valence-electron chi connectivity index (χ2n) is 3.09. The second kappa shape index (κ2) is 5.22. The minimum atomic E-state index is -0.0675. The van der Waals surface area contributed by atoms with E-state index in [1.165, 1.54) is 7.05 Å². The van der Waals surface area contributed by atoms with Gasteiger partial charge in [-0.3, -0.25) is 10.1 Å². The van der Waals surface area contributed by atoms with E-state index in [-0.39, 0.29) is 5.90 Å². The smallest absolute Gasteiger partial charge is 0.241 e. The SMILES string of the molecule is C=C(CCC([O])=NC)c1ccccc1. The van der Waals surface area contributed by atoms with Crippen LogP contribution in [0, 0.1) is 0 Å². The van der Waals surface area contributed by atoms with Gasteiger partial charge in [0.05, 0.1) is 0 Å². The van der Waals surface area contributed by atoms with Crippen molar-refractivity contribution in [3.63, 3.8) is 0 Å². The molecule has 0 aliphatic carbocycles. The van der Waals surface area contributed by atoms with Crippen LogP contribution in [0.25, 0.3) is 5.57 Å². The van der Waals surface area contributed by atoms with Gasteiger partial charge in [-0.1, -0.05) is 36.9 Å². The van der Waals surface area contributed by atoms with Crippen LogP contribution in [-0.4, -0.2) is 12.9 Å². The van der Waals surface area contributed by atoms with Gasteiger partial charge in [-0.2, -0.15) is 0 Å². The van der Waals surface area contributed by atoms with Crippen LogP contribution in [0.5, 0.6) is 0 Å². The molecule has 0 bridgehead atoms. The molecule has 0 amide bonds. The van der Waals surface area contributed by atoms with Crippen LogP contribution >= 0.6 is 0 Å². The van der Waals surface area contributed by atoms with E-state index in [0.717, 1.165) is 11.1 Å². The molecule has 1 aromatic rings. The summed E-state index contributed by atoms with van der Waals surface area (Å²) < 4.78 is 0. The van der Waals surface area contributed by atoms with Crippen molar-refractivity contribution in [3.8, 4) is 0 Å². The Morgan fingerprint density at radius 2 is 1.93 bits per heavy atom. The van der Waals surface area contributed by atoms with Crippen molar-refractivity contribution >= 4 is 11.5 Å². The Balaban J connectivity index is 2.52. The fourth-order valence-electron chi connectivity index (χ4n) is 1.19. The van der Waals surface area contributed by atoms with Crippen LogP contribution in [0.3, 0.4) is 0 Å². The maximum absolute atomic E-state index is 10.9. The summed E-state index contributed by atoms with van der Waals surface area (Å²) in [5.41, 5.74) is 2.08. The molecule has 1 aromatic carbocycles. The predicted octanol–water partition coefficient (Wildman–Crippen LogP) is 2.94. The third-order valence-electron chi connectivity index (χ3n) is 2.07. The van der Waals surface area contributed by atoms with Crippen LogP contribution in [0.15, 0.2) is 41.9 Å². The van der Waals surface area contributed by atoms with Crippen LogP contribution in [0.4, 0.5) is 0 Å². The Morgan fingerprint density at radius 1 is 1.29 bits per heavy atom. The largest absolute Gasteiger partial charge is 0.273 e. The quantitative estimate of drug-likeness (QED) is 0.514. The maximum Gasteiger partial charge on any atom is 0.241 e. The molecule has 0 aliphatic rings. The number of aliphatic imine (C=N–C) groups is 1. The van der Waals surface area contributed by atoms with Crippen LogP contribution in [0.2, 0.25) is 0 Å². The molecule has 14 heavy (non-hydrogen) atoms. The Labute approximate surface area is 84.6 Å². The molecule has 2 nitrogen and oxygen atoms in total. The minimum Gasteiger partial charge on any atom is -0.273 e. The van der Waals surface area contributed by atoms with Crippen molar-refractivity contribution in [2.24, 2.45) is 4.99 Å². The van der Waals surface area contributed by atoms with Crippen molar-refractivity contribution in [2.75, 3.05) is 7.05 Å². The number of nitrogens with zero attached hydrogens (tertiary/aromatic N) is 1. The average molecular weight is 188 g/mol. The normalized spacial score (nSPS) is 11.4. The standard InChI is InChI=1S/C12H14NO/c1-10(8-9-12(14)13-2)11-6-4-3-5-7-11/h3-7H,1,8-9H2,2H3. The predicted molar refractivity (Wildman–Crippen MR) is 58.8 cm³/mol. The Hall–Kier alpha value is -1.57. The first-order chi connectivity index (χ1) is 6.74. The van der Waals surface area contributed by atoms with Crippen LogP contribution in [-0.2, 0) is 5.11 Å². The van der Waals surface area contributed by atoms with Crippen LogP contribution in [0.1, 0.15) is 18.4 Å². The van der Waals surface area contributed by atoms with Gasteiger partial charge in [0.15, 0.2) is 0 Å². The van der Waals surface area contributed by atoms with Gasteiger partial charge in [-0.05, 0) is 17.6 Å². The van der Waals surface area contributed by atoms with E-state index in [1.807, 2.05) is 30.3 Å². The highest BCUT2D eigenvalue weighted by Gasteiger charge is 2.01. The zero-order valence-electron chi connectivity index (χ0n) is 8.36. The lowest BCUT2D eigenvalue weighted by Crippen LogP contribution is -1.94. The van der Waals surface area contributed by atoms with Gasteiger partial charge in [-0.15, -0.1) is 0 Å². The van der Waals surface area contributed by atoms with Crippen molar-refractivity contribution < 1.29 is 5.11 Å². The molecule has 0 heterocycles. The lowest BCUT2D eigenvalue weighted by atomic mass is 10.0. The molecule has 2 heteroatoms. The zero-order chi connectivity index (χ0) is 10.4. The number of hydrogen-bond donors (Lipinski definition) is 0. The molecule has 0 atom stereocenters. The molecule has 0 spiro atoms. The van der Waals surface area contributed by atoms with Crippen LogP contribution < -0.4 is 0 Å². The van der Waals surface area contributed by atoms with Crippen molar-refractivity contribution in [2.45, 2.75) is 12.8 Å². The fourth-order valence-corrected chi connectivity index (χ4v) is 1.19. The Bertz CT molecular complexity index is 327. The zero-order valence-corrected chi connectivity index (χ0v) is 8.36. The van der Waals surface area contributed by atoms with E-state index < -0.39 is 0 Å². The molecule has 0 unspecified atom stereocenters. The number of allylic oxidation sites excluding steroid dienone is 1. The van der Waals surface area contributed by atoms with Gasteiger partial charge < -0.3 is 0 Å². The molecule has 0 saturated carbocycles. The summed E-state index contributed by atoms with van der Waals surface area (Å²) in [7, 11) is 1.52. The molecule has 0 aliphatic heterocycles. The molecular weight excluding hydrogens is 174 g/mol. The molecule has 73 valence electrons. The first-order valence-electron chi connectivity index (χ1n) is 4.60. The first-order valence-corrected chi connectivity index (χ1v) is 4.60. The molecule has 1 radical (unpaired) electrons. The third kappa shape index (κ3) is 3.05. The number of hydrogen-bond acceptors (Lipinski definition) is 1. The lowest BCUT2D eigenvalue weighted by molar-refractivity contribution is 0.411. The topological polar surface area (TPSA) is 32.3 Å². The molecule has 0 aromatic heterocycles. The molecule has 1 rings (SSSR count). The Morgan fingerprint density at radius 3 is 2.50 bits per heavy atom. The summed E-state index contributed by atoms with van der Waals surface area (Å²) in [6, 6.07) is 9.88. The van der Waals surface area contributed by atoms with E-state index in [1.54, 1.807) is 0 Å². The maximum atomic E-state index is 10.9. The summed E-state index contributed by atoms with van der Waals surface area (Å²) in [6.07, 6.45) is 1.13. The van der Waals surface area contributed by atoms with Crippen molar-refractivity contribution in [1.29, 1.82) is 0 Å². The molecule has 0 N–H and O–H groups in total. The van der Waals surface area contributed by atoms with Gasteiger partial charge in [-0.25, -0.2) is 0 Å². The number of benzene rings is 1. The second-order valence-corrected chi connectivity index (χ2v) is 3.09. The monoisotopic (exact) mass is 188 g/mol. The van der Waals surface area contributed by atoms with Crippen molar-refractivity contribution in [3.05, 3.63) is 42.5 Å². The van der Waals surface area contributed by atoms with E-state index in [0.29, 0.717) is 12.8 Å². The lowest BCUT2D eigenvalue weighted by Gasteiger charge is -2.03. The molecule has 0 fully saturated rings. The third-order valence-corrected chi connectivity index (χ3v) is 2.07. The van der Waals surface area contributed by atoms with E-state index in [2.05, 4.69) is 11.6 Å². The first kappa shape index (κ1) is 10.5. The summed E-state index contributed by atoms with van der Waals surface area (Å²) in [4.78, 5) is 3.57. The van der Waals surface area contributed by atoms with E-state index in [9.17, 15) is 5.11 Å². The summed E-state index contributed by atoms with van der Waals surface area (Å²) >= 11 is 0. The molecule has 0 saturated heterocycles. The number of rotatable bonds is 4. The highest BCUT2D eigenvalue weighted by atomic mass is 16.3. The average Bonchev–Trinajstić information content (AvgIpc) is 2.26. The highest BCUT2D eigenvalue weighted by molar-refractivity contribution is 5.76. The van der Waals surface area contributed by atoms with Gasteiger partial charge in [0.1, 0.15) is 0 Å². The minimum absolute atomic E-state index is 0.0675. The van der Waals surface area contributed by atoms with Gasteiger partial charge in [0.25, 0.3) is 0 Å². The fraction of sp³-hybridized carbons (Fsp3) is 0.250. The van der Waals surface area contributed by atoms with E-state index >= 15 is 0 Å². The summed E-state index contributed by atoms with van der Waals surface area (Å²) in [5, 5.41) is 10.9. The summed E-state index contributed by atoms with van der Waals surface area (Å²) in [6.45, 7) is 3.94. The van der Waals surface area contributed by atoms with Gasteiger partial charge in [0, 0.05) is 13.5 Å². The Kier molecular flexibility index (Phi) is 3.92. The highest BCUT2D eigenvalue weighted by Crippen LogP contribution is 2.17. The molecular formula is C12H14NO.